The van der Waals surface area contributed by atoms with E-state index in [-0.39, 0.29) is 6.10 Å². The van der Waals surface area contributed by atoms with Crippen molar-refractivity contribution in [1.29, 1.82) is 0 Å². The Bertz CT molecular complexity index is 610. The quantitative estimate of drug-likeness (QED) is 0.778. The van der Waals surface area contributed by atoms with E-state index in [2.05, 4.69) is 0 Å². The van der Waals surface area contributed by atoms with Gasteiger partial charge in [-0.3, -0.25) is 0 Å². The Kier molecular flexibility index (Phi) is 4.32. The van der Waals surface area contributed by atoms with Crippen molar-refractivity contribution in [2.45, 2.75) is 49.1 Å². The number of ether oxygens (including phenoxy) is 1. The monoisotopic (exact) mass is 332 g/mol. The molecular weight excluding hydrogens is 312 g/mol. The van der Waals surface area contributed by atoms with Crippen molar-refractivity contribution < 1.29 is 13.2 Å². The largest absolute Gasteiger partial charge is 0.375 e. The van der Waals surface area contributed by atoms with Crippen LogP contribution in [0, 0.1) is 0 Å². The highest BCUT2D eigenvalue weighted by Gasteiger charge is 2.33. The van der Waals surface area contributed by atoms with Crippen LogP contribution >= 0.6 is 11.6 Å². The van der Waals surface area contributed by atoms with Crippen LogP contribution in [0.2, 0.25) is 0 Å². The summed E-state index contributed by atoms with van der Waals surface area (Å²) in [7, 11) is -3.45. The lowest BCUT2D eigenvalue weighted by Gasteiger charge is -2.31. The zero-order chi connectivity index (χ0) is 15.0. The third-order valence-corrected chi connectivity index (χ3v) is 6.28. The van der Waals surface area contributed by atoms with Gasteiger partial charge in [-0.15, -0.1) is 11.6 Å². The Morgan fingerprint density at radius 1 is 1.43 bits per heavy atom. The lowest BCUT2D eigenvalue weighted by Crippen LogP contribution is -2.45. The standard InChI is InChI=1S/C14H21ClN2O3S/c1-2-13-9-16(5-6-20-13)21(18,19)14-7-12(8-15)17(10-14)11-3-4-11/h7,10-11,13H,2-6,8-9H2,1H3. The first-order valence-electron chi connectivity index (χ1n) is 7.44. The highest BCUT2D eigenvalue weighted by atomic mass is 35.5. The molecule has 1 atom stereocenters. The molecule has 1 unspecified atom stereocenters. The van der Waals surface area contributed by atoms with Gasteiger partial charge in [-0.1, -0.05) is 6.92 Å². The summed E-state index contributed by atoms with van der Waals surface area (Å²) in [5.74, 6) is 0.340. The molecule has 2 heterocycles. The second-order valence-electron chi connectivity index (χ2n) is 5.70. The zero-order valence-corrected chi connectivity index (χ0v) is 13.7. The predicted octanol–water partition coefficient (Wildman–Crippen LogP) is 2.36. The number of rotatable bonds is 5. The Labute approximate surface area is 130 Å². The van der Waals surface area contributed by atoms with E-state index in [9.17, 15) is 8.42 Å². The van der Waals surface area contributed by atoms with Gasteiger partial charge in [0.15, 0.2) is 0 Å². The first-order chi connectivity index (χ1) is 10.1. The van der Waals surface area contributed by atoms with Crippen molar-refractivity contribution in [1.82, 2.24) is 8.87 Å². The van der Waals surface area contributed by atoms with Gasteiger partial charge in [0.05, 0.1) is 18.6 Å². The first kappa shape index (κ1) is 15.3. The fraction of sp³-hybridized carbons (Fsp3) is 0.714. The van der Waals surface area contributed by atoms with E-state index in [0.717, 1.165) is 25.0 Å². The molecule has 0 bridgehead atoms. The average Bonchev–Trinajstić information content (AvgIpc) is 3.25. The van der Waals surface area contributed by atoms with E-state index in [1.165, 1.54) is 4.31 Å². The molecule has 0 spiro atoms. The maximum absolute atomic E-state index is 12.8. The Hall–Kier alpha value is -0.560. The maximum Gasteiger partial charge on any atom is 0.244 e. The molecule has 3 rings (SSSR count). The molecule has 1 saturated heterocycles. The van der Waals surface area contributed by atoms with Crippen LogP contribution in [0.25, 0.3) is 0 Å². The molecule has 1 aliphatic carbocycles. The van der Waals surface area contributed by atoms with Gasteiger partial charge in [0.2, 0.25) is 10.0 Å². The minimum absolute atomic E-state index is 0.00783. The van der Waals surface area contributed by atoms with Gasteiger partial charge >= 0.3 is 0 Å². The minimum atomic E-state index is -3.45. The van der Waals surface area contributed by atoms with Crippen LogP contribution in [0.15, 0.2) is 17.2 Å². The molecule has 0 aromatic carbocycles. The molecule has 7 heteroatoms. The second kappa shape index (κ2) is 5.91. The summed E-state index contributed by atoms with van der Waals surface area (Å²) < 4.78 is 34.7. The molecule has 0 N–H and O–H groups in total. The van der Waals surface area contributed by atoms with Gasteiger partial charge in [0.25, 0.3) is 0 Å². The molecule has 118 valence electrons. The molecule has 1 aliphatic heterocycles. The lowest BCUT2D eigenvalue weighted by atomic mass is 10.2. The summed E-state index contributed by atoms with van der Waals surface area (Å²) in [6, 6.07) is 2.15. The zero-order valence-electron chi connectivity index (χ0n) is 12.2. The highest BCUT2D eigenvalue weighted by molar-refractivity contribution is 7.89. The number of aromatic nitrogens is 1. The van der Waals surface area contributed by atoms with E-state index in [4.69, 9.17) is 16.3 Å². The van der Waals surface area contributed by atoms with Gasteiger partial charge in [-0.2, -0.15) is 4.31 Å². The summed E-state index contributed by atoms with van der Waals surface area (Å²) in [4.78, 5) is 0.363. The highest BCUT2D eigenvalue weighted by Crippen LogP contribution is 2.38. The van der Waals surface area contributed by atoms with E-state index < -0.39 is 10.0 Å². The van der Waals surface area contributed by atoms with E-state index in [1.807, 2.05) is 11.5 Å². The summed E-state index contributed by atoms with van der Waals surface area (Å²) in [6.45, 7) is 3.33. The van der Waals surface area contributed by atoms with Gasteiger partial charge in [0.1, 0.15) is 4.90 Å². The SMILES string of the molecule is CCC1CN(S(=O)(=O)c2cc(CCl)n(C3CC3)c2)CCO1. The summed E-state index contributed by atoms with van der Waals surface area (Å²) in [5.41, 5.74) is 0.887. The van der Waals surface area contributed by atoms with Gasteiger partial charge in [-0.05, 0) is 25.3 Å². The summed E-state index contributed by atoms with van der Waals surface area (Å²) in [6.07, 6.45) is 4.77. The van der Waals surface area contributed by atoms with Crippen molar-refractivity contribution in [3.8, 4) is 0 Å². The smallest absolute Gasteiger partial charge is 0.244 e. The Balaban J connectivity index is 1.87. The molecule has 0 radical (unpaired) electrons. The molecule has 2 aliphatic rings. The van der Waals surface area contributed by atoms with E-state index >= 15 is 0 Å². The molecule has 5 nitrogen and oxygen atoms in total. The van der Waals surface area contributed by atoms with E-state index in [0.29, 0.717) is 36.5 Å². The van der Waals surface area contributed by atoms with Crippen LogP contribution in [0.1, 0.15) is 37.9 Å². The summed E-state index contributed by atoms with van der Waals surface area (Å²) >= 11 is 5.95. The molecule has 1 aromatic heterocycles. The molecule has 0 amide bonds. The summed E-state index contributed by atoms with van der Waals surface area (Å²) in [5, 5.41) is 0. The number of halogens is 1. The van der Waals surface area contributed by atoms with Crippen molar-refractivity contribution in [2.75, 3.05) is 19.7 Å². The third kappa shape index (κ3) is 2.99. The van der Waals surface area contributed by atoms with Gasteiger partial charge in [0, 0.05) is 31.0 Å². The van der Waals surface area contributed by atoms with Crippen LogP contribution in [0.5, 0.6) is 0 Å². The second-order valence-corrected chi connectivity index (χ2v) is 7.91. The number of sulfonamides is 1. The number of morpholine rings is 1. The van der Waals surface area contributed by atoms with Crippen molar-refractivity contribution in [3.05, 3.63) is 18.0 Å². The number of hydrogen-bond donors (Lipinski definition) is 0. The molecule has 2 fully saturated rings. The van der Waals surface area contributed by atoms with Crippen molar-refractivity contribution in [2.24, 2.45) is 0 Å². The predicted molar refractivity (Wildman–Crippen MR) is 81.0 cm³/mol. The topological polar surface area (TPSA) is 51.5 Å². The number of alkyl halides is 1. The molecule has 1 aromatic rings. The fourth-order valence-electron chi connectivity index (χ4n) is 2.74. The van der Waals surface area contributed by atoms with Gasteiger partial charge < -0.3 is 9.30 Å². The van der Waals surface area contributed by atoms with Crippen molar-refractivity contribution in [3.63, 3.8) is 0 Å². The van der Waals surface area contributed by atoms with Gasteiger partial charge in [-0.25, -0.2) is 8.42 Å². The Morgan fingerprint density at radius 3 is 2.81 bits per heavy atom. The molecule has 1 saturated carbocycles. The first-order valence-corrected chi connectivity index (χ1v) is 9.42. The Morgan fingerprint density at radius 2 is 2.19 bits per heavy atom. The fourth-order valence-corrected chi connectivity index (χ4v) is 4.47. The third-order valence-electron chi connectivity index (χ3n) is 4.18. The van der Waals surface area contributed by atoms with Crippen LogP contribution in [-0.4, -0.2) is 43.1 Å². The van der Waals surface area contributed by atoms with Crippen LogP contribution in [-0.2, 0) is 20.6 Å². The minimum Gasteiger partial charge on any atom is -0.375 e. The lowest BCUT2D eigenvalue weighted by molar-refractivity contribution is -0.00277. The van der Waals surface area contributed by atoms with Crippen LogP contribution < -0.4 is 0 Å². The molecule has 21 heavy (non-hydrogen) atoms. The van der Waals surface area contributed by atoms with Crippen LogP contribution in [0.4, 0.5) is 0 Å². The number of nitrogens with zero attached hydrogens (tertiary/aromatic N) is 2. The van der Waals surface area contributed by atoms with E-state index in [1.54, 1.807) is 12.3 Å². The van der Waals surface area contributed by atoms with Crippen LogP contribution in [0.3, 0.4) is 0 Å². The average molecular weight is 333 g/mol. The normalized spacial score (nSPS) is 24.4. The number of hydrogen-bond acceptors (Lipinski definition) is 3. The molecular formula is C14H21ClN2O3S. The van der Waals surface area contributed by atoms with Crippen molar-refractivity contribution >= 4 is 21.6 Å². The maximum atomic E-state index is 12.8.